The molecule has 1 rings (SSSR count). The summed E-state index contributed by atoms with van der Waals surface area (Å²) in [6.45, 7) is 0.313. The van der Waals surface area contributed by atoms with E-state index in [2.05, 4.69) is 0 Å². The molecule has 0 aromatic carbocycles. The molecule has 1 aliphatic rings. The van der Waals surface area contributed by atoms with E-state index in [1.165, 1.54) is 0 Å². The number of carbonyl (C=O) groups excluding carboxylic acids is 4. The molecule has 0 unspecified atom stereocenters. The van der Waals surface area contributed by atoms with Gasteiger partial charge in [-0.15, -0.1) is 0 Å². The second-order valence-electron chi connectivity index (χ2n) is 4.63. The van der Waals surface area contributed by atoms with Crippen LogP contribution in [0.3, 0.4) is 0 Å². The number of rotatable bonds is 6. The second kappa shape index (κ2) is 8.21. The van der Waals surface area contributed by atoms with Crippen LogP contribution in [0.25, 0.3) is 0 Å². The van der Waals surface area contributed by atoms with Crippen LogP contribution in [-0.4, -0.2) is 35.6 Å². The van der Waals surface area contributed by atoms with Crippen LogP contribution in [0.2, 0.25) is 0 Å². The van der Waals surface area contributed by atoms with E-state index < -0.39 is 22.4 Å². The Bertz CT molecular complexity index is 363. The fourth-order valence-corrected chi connectivity index (χ4v) is 2.17. The summed E-state index contributed by atoms with van der Waals surface area (Å²) in [5.41, 5.74) is 0. The lowest BCUT2D eigenvalue weighted by Gasteiger charge is -2.27. The largest absolute Gasteiger partial charge is 0.459 e. The normalized spacial score (nSPS) is 21.9. The number of esters is 2. The van der Waals surface area contributed by atoms with E-state index in [0.717, 1.165) is 25.7 Å². The molecule has 0 bridgehead atoms. The van der Waals surface area contributed by atoms with E-state index in [4.69, 9.17) is 32.7 Å². The van der Waals surface area contributed by atoms with E-state index in [0.29, 0.717) is 0 Å². The first kappa shape index (κ1) is 16.9. The molecule has 1 fully saturated rings. The van der Waals surface area contributed by atoms with Crippen LogP contribution >= 0.6 is 23.2 Å². The second-order valence-corrected chi connectivity index (χ2v) is 5.32. The van der Waals surface area contributed by atoms with Gasteiger partial charge in [-0.05, 0) is 60.7 Å². The maximum absolute atomic E-state index is 10.9. The van der Waals surface area contributed by atoms with Crippen LogP contribution < -0.4 is 0 Å². The zero-order chi connectivity index (χ0) is 15.1. The quantitative estimate of drug-likeness (QED) is 0.417. The van der Waals surface area contributed by atoms with Crippen molar-refractivity contribution in [1.29, 1.82) is 0 Å². The van der Waals surface area contributed by atoms with Crippen LogP contribution in [-0.2, 0) is 28.7 Å². The Morgan fingerprint density at radius 2 is 1.05 bits per heavy atom. The molecule has 112 valence electrons. The summed E-state index contributed by atoms with van der Waals surface area (Å²) in [4.78, 5) is 42.7. The minimum atomic E-state index is -1.13. The van der Waals surface area contributed by atoms with Gasteiger partial charge in [-0.25, -0.2) is 9.59 Å². The molecule has 8 heteroatoms. The topological polar surface area (TPSA) is 86.7 Å². The summed E-state index contributed by atoms with van der Waals surface area (Å²) in [5, 5.41) is -2.26. The number of halogens is 2. The van der Waals surface area contributed by atoms with Gasteiger partial charge in [-0.3, -0.25) is 9.59 Å². The molecule has 0 N–H and O–H groups in total. The van der Waals surface area contributed by atoms with Gasteiger partial charge < -0.3 is 9.47 Å². The minimum Gasteiger partial charge on any atom is -0.459 e. The Kier molecular flexibility index (Phi) is 6.95. The predicted octanol–water partition coefficient (Wildman–Crippen LogP) is 1.41. The van der Waals surface area contributed by atoms with E-state index in [9.17, 15) is 19.2 Å². The fourth-order valence-electron chi connectivity index (χ4n) is 2.07. The number of hydrogen-bond acceptors (Lipinski definition) is 6. The Labute approximate surface area is 125 Å². The summed E-state index contributed by atoms with van der Waals surface area (Å²) >= 11 is 9.93. The van der Waals surface area contributed by atoms with Gasteiger partial charge in [0.25, 0.3) is 0 Å². The number of carbonyl (C=O) groups is 4. The first-order chi connectivity index (χ1) is 9.40. The van der Waals surface area contributed by atoms with E-state index >= 15 is 0 Å². The summed E-state index contributed by atoms with van der Waals surface area (Å²) in [5.74, 6) is -1.75. The third kappa shape index (κ3) is 5.88. The highest BCUT2D eigenvalue weighted by Crippen LogP contribution is 2.29. The van der Waals surface area contributed by atoms with Crippen molar-refractivity contribution in [2.75, 3.05) is 13.2 Å². The average molecular weight is 325 g/mol. The van der Waals surface area contributed by atoms with Gasteiger partial charge >= 0.3 is 22.4 Å². The first-order valence-electron chi connectivity index (χ1n) is 6.13. The third-order valence-corrected chi connectivity index (χ3v) is 3.50. The summed E-state index contributed by atoms with van der Waals surface area (Å²) < 4.78 is 9.48. The molecule has 0 aromatic rings. The van der Waals surface area contributed by atoms with E-state index in [1.807, 2.05) is 0 Å². The van der Waals surface area contributed by atoms with Gasteiger partial charge in [0.2, 0.25) is 0 Å². The van der Waals surface area contributed by atoms with Crippen molar-refractivity contribution in [1.82, 2.24) is 0 Å². The van der Waals surface area contributed by atoms with Crippen molar-refractivity contribution < 1.29 is 28.7 Å². The van der Waals surface area contributed by atoms with Crippen molar-refractivity contribution in [2.24, 2.45) is 11.8 Å². The maximum atomic E-state index is 10.9. The van der Waals surface area contributed by atoms with Gasteiger partial charge in [0.15, 0.2) is 0 Å². The average Bonchev–Trinajstić information content (AvgIpc) is 2.42. The maximum Gasteiger partial charge on any atom is 0.391 e. The van der Waals surface area contributed by atoms with E-state index in [-0.39, 0.29) is 25.0 Å². The van der Waals surface area contributed by atoms with Crippen molar-refractivity contribution in [2.45, 2.75) is 25.7 Å². The molecule has 1 aliphatic carbocycles. The highest BCUT2D eigenvalue weighted by molar-refractivity contribution is 6.80. The molecule has 20 heavy (non-hydrogen) atoms. The fraction of sp³-hybridized carbons (Fsp3) is 0.667. The van der Waals surface area contributed by atoms with Crippen LogP contribution in [0.1, 0.15) is 25.7 Å². The van der Waals surface area contributed by atoms with Gasteiger partial charge in [0.1, 0.15) is 0 Å². The predicted molar refractivity (Wildman–Crippen MR) is 69.1 cm³/mol. The molecule has 1 saturated carbocycles. The summed E-state index contributed by atoms with van der Waals surface area (Å²) in [6.07, 6.45) is 3.11. The Balaban J connectivity index is 2.20. The zero-order valence-electron chi connectivity index (χ0n) is 10.6. The molecule has 0 amide bonds. The van der Waals surface area contributed by atoms with E-state index in [1.54, 1.807) is 0 Å². The molecule has 0 saturated heterocycles. The summed E-state index contributed by atoms with van der Waals surface area (Å²) in [7, 11) is 0. The lowest BCUT2D eigenvalue weighted by molar-refractivity contribution is -0.153. The SMILES string of the molecule is O=C(Cl)C(=O)OCC1CCC(COC(=O)C(=O)Cl)CC1. The van der Waals surface area contributed by atoms with Crippen molar-refractivity contribution in [3.63, 3.8) is 0 Å². The Hall–Kier alpha value is -1.14. The Morgan fingerprint density at radius 1 is 0.750 bits per heavy atom. The van der Waals surface area contributed by atoms with Crippen molar-refractivity contribution in [3.05, 3.63) is 0 Å². The molecule has 6 nitrogen and oxygen atoms in total. The molecule has 0 heterocycles. The summed E-state index contributed by atoms with van der Waals surface area (Å²) in [6, 6.07) is 0. The molecular weight excluding hydrogens is 311 g/mol. The highest BCUT2D eigenvalue weighted by Gasteiger charge is 2.25. The van der Waals surface area contributed by atoms with Gasteiger partial charge in [0.05, 0.1) is 13.2 Å². The van der Waals surface area contributed by atoms with Gasteiger partial charge in [-0.2, -0.15) is 0 Å². The minimum absolute atomic E-state index is 0.157. The monoisotopic (exact) mass is 324 g/mol. The van der Waals surface area contributed by atoms with Gasteiger partial charge in [-0.1, -0.05) is 0 Å². The van der Waals surface area contributed by atoms with Crippen LogP contribution in [0.15, 0.2) is 0 Å². The zero-order valence-corrected chi connectivity index (χ0v) is 12.1. The lowest BCUT2D eigenvalue weighted by Crippen LogP contribution is -2.25. The number of hydrogen-bond donors (Lipinski definition) is 0. The van der Waals surface area contributed by atoms with Crippen LogP contribution in [0.5, 0.6) is 0 Å². The Morgan fingerprint density at radius 3 is 1.30 bits per heavy atom. The molecule has 0 spiro atoms. The van der Waals surface area contributed by atoms with Gasteiger partial charge in [0, 0.05) is 0 Å². The highest BCUT2D eigenvalue weighted by atomic mass is 35.5. The number of ether oxygens (including phenoxy) is 2. The first-order valence-corrected chi connectivity index (χ1v) is 6.89. The van der Waals surface area contributed by atoms with Crippen LogP contribution in [0.4, 0.5) is 0 Å². The standard InChI is InChI=1S/C12H14Cl2O6/c13-9(15)11(17)19-5-7-1-2-8(4-3-7)6-20-12(18)10(14)16/h7-8H,1-6H2. The molecule has 0 atom stereocenters. The molecule has 0 aliphatic heterocycles. The molecular formula is C12H14Cl2O6. The third-order valence-electron chi connectivity index (χ3n) is 3.19. The van der Waals surface area contributed by atoms with Crippen LogP contribution in [0, 0.1) is 11.8 Å². The lowest BCUT2D eigenvalue weighted by atomic mass is 9.83. The smallest absolute Gasteiger partial charge is 0.391 e. The molecule has 0 aromatic heterocycles. The van der Waals surface area contributed by atoms with Crippen molar-refractivity contribution >= 4 is 45.6 Å². The van der Waals surface area contributed by atoms with Crippen molar-refractivity contribution in [3.8, 4) is 0 Å². The molecule has 0 radical (unpaired) electrons.